The average Bonchev–Trinajstić information content (AvgIpc) is 3.12. The molecule has 2 aromatic carbocycles. The highest BCUT2D eigenvalue weighted by Gasteiger charge is 2.14. The third kappa shape index (κ3) is 5.28. The zero-order valence-electron chi connectivity index (χ0n) is 16.4. The monoisotopic (exact) mass is 394 g/mol. The smallest absolute Gasteiger partial charge is 0.258 e. The fraction of sp³-hybridized carbons (Fsp3) is 0.227. The topological polar surface area (TPSA) is 76.0 Å². The zero-order chi connectivity index (χ0) is 20.8. The number of aryl methyl sites for hydroxylation is 3. The van der Waals surface area contributed by atoms with Crippen LogP contribution in [0, 0.1) is 12.7 Å². The Morgan fingerprint density at radius 2 is 1.93 bits per heavy atom. The van der Waals surface area contributed by atoms with E-state index in [1.54, 1.807) is 28.9 Å². The number of amides is 2. The van der Waals surface area contributed by atoms with Crippen LogP contribution in [0.1, 0.15) is 38.3 Å². The van der Waals surface area contributed by atoms with Crippen LogP contribution in [0.5, 0.6) is 0 Å². The second-order valence-electron chi connectivity index (χ2n) is 6.85. The number of nitrogens with one attached hydrogen (secondary N) is 2. The maximum absolute atomic E-state index is 13.8. The van der Waals surface area contributed by atoms with Gasteiger partial charge in [-0.3, -0.25) is 14.3 Å². The molecule has 0 saturated carbocycles. The Balaban J connectivity index is 1.59. The van der Waals surface area contributed by atoms with Gasteiger partial charge in [-0.2, -0.15) is 5.10 Å². The van der Waals surface area contributed by atoms with Crippen molar-refractivity contribution in [1.82, 2.24) is 15.1 Å². The van der Waals surface area contributed by atoms with Crippen molar-refractivity contribution in [3.05, 3.63) is 82.9 Å². The van der Waals surface area contributed by atoms with E-state index in [1.807, 2.05) is 26.4 Å². The lowest BCUT2D eigenvalue weighted by atomic mass is 10.1. The summed E-state index contributed by atoms with van der Waals surface area (Å²) in [6.07, 6.45) is 5.38. The lowest BCUT2D eigenvalue weighted by molar-refractivity contribution is 0.0951. The largest absolute Gasteiger partial charge is 0.352 e. The van der Waals surface area contributed by atoms with Crippen molar-refractivity contribution in [3.8, 4) is 0 Å². The normalized spacial score (nSPS) is 10.6. The summed E-state index contributed by atoms with van der Waals surface area (Å²) in [5, 5.41) is 9.68. The molecular formula is C22H23FN4O2. The highest BCUT2D eigenvalue weighted by atomic mass is 19.1. The molecule has 2 amide bonds. The molecule has 3 aromatic rings. The van der Waals surface area contributed by atoms with E-state index in [-0.39, 0.29) is 11.5 Å². The average molecular weight is 394 g/mol. The van der Waals surface area contributed by atoms with Crippen molar-refractivity contribution < 1.29 is 14.0 Å². The minimum Gasteiger partial charge on any atom is -0.352 e. The van der Waals surface area contributed by atoms with E-state index in [0.29, 0.717) is 17.8 Å². The van der Waals surface area contributed by atoms with Crippen LogP contribution in [0.25, 0.3) is 0 Å². The van der Waals surface area contributed by atoms with Crippen molar-refractivity contribution in [2.75, 3.05) is 11.9 Å². The Kier molecular flexibility index (Phi) is 6.39. The van der Waals surface area contributed by atoms with E-state index in [2.05, 4.69) is 15.7 Å². The molecule has 3 rings (SSSR count). The van der Waals surface area contributed by atoms with Crippen LogP contribution in [0.4, 0.5) is 10.1 Å². The number of nitrogens with zero attached hydrogens (tertiary/aromatic N) is 2. The summed E-state index contributed by atoms with van der Waals surface area (Å²) in [5.41, 5.74) is 2.76. The minimum absolute atomic E-state index is 0.0443. The molecule has 0 saturated heterocycles. The lowest BCUT2D eigenvalue weighted by Gasteiger charge is -2.11. The molecule has 6 nitrogen and oxygen atoms in total. The van der Waals surface area contributed by atoms with Gasteiger partial charge in [0.05, 0.1) is 11.8 Å². The van der Waals surface area contributed by atoms with Gasteiger partial charge in [-0.1, -0.05) is 18.2 Å². The maximum Gasteiger partial charge on any atom is 0.258 e. The van der Waals surface area contributed by atoms with Crippen molar-refractivity contribution in [2.45, 2.75) is 19.8 Å². The van der Waals surface area contributed by atoms with E-state index >= 15 is 0 Å². The maximum atomic E-state index is 13.8. The Bertz CT molecular complexity index is 1030. The first kappa shape index (κ1) is 20.3. The third-order valence-corrected chi connectivity index (χ3v) is 4.55. The van der Waals surface area contributed by atoms with Crippen LogP contribution in [0.15, 0.2) is 54.9 Å². The second kappa shape index (κ2) is 9.14. The molecule has 0 radical (unpaired) electrons. The first-order valence-electron chi connectivity index (χ1n) is 9.36. The molecule has 0 atom stereocenters. The van der Waals surface area contributed by atoms with Crippen LogP contribution < -0.4 is 10.6 Å². The molecule has 1 aromatic heterocycles. The van der Waals surface area contributed by atoms with Crippen molar-refractivity contribution in [3.63, 3.8) is 0 Å². The van der Waals surface area contributed by atoms with E-state index in [1.165, 1.54) is 18.2 Å². The number of rotatable bonds is 7. The predicted octanol–water partition coefficient (Wildman–Crippen LogP) is 3.48. The van der Waals surface area contributed by atoms with Gasteiger partial charge in [0.2, 0.25) is 0 Å². The SMILES string of the molecule is Cc1ccc(C(=O)NCCCc2cnn(C)c2)cc1NC(=O)c1ccccc1F. The van der Waals surface area contributed by atoms with Gasteiger partial charge in [0.15, 0.2) is 0 Å². The second-order valence-corrected chi connectivity index (χ2v) is 6.85. The molecule has 0 spiro atoms. The minimum atomic E-state index is -0.592. The molecule has 7 heteroatoms. The molecule has 0 unspecified atom stereocenters. The Hall–Kier alpha value is -3.48. The highest BCUT2D eigenvalue weighted by molar-refractivity contribution is 6.05. The lowest BCUT2D eigenvalue weighted by Crippen LogP contribution is -2.25. The number of halogens is 1. The number of hydrogen-bond acceptors (Lipinski definition) is 3. The van der Waals surface area contributed by atoms with Crippen LogP contribution in [0.2, 0.25) is 0 Å². The predicted molar refractivity (Wildman–Crippen MR) is 109 cm³/mol. The molecule has 0 bridgehead atoms. The van der Waals surface area contributed by atoms with Gasteiger partial charge in [-0.05, 0) is 55.2 Å². The summed E-state index contributed by atoms with van der Waals surface area (Å²) in [6, 6.07) is 10.8. The van der Waals surface area contributed by atoms with Gasteiger partial charge in [-0.25, -0.2) is 4.39 Å². The Labute approximate surface area is 168 Å². The molecular weight excluding hydrogens is 371 g/mol. The molecule has 29 heavy (non-hydrogen) atoms. The summed E-state index contributed by atoms with van der Waals surface area (Å²) in [6.45, 7) is 2.34. The Morgan fingerprint density at radius 3 is 2.66 bits per heavy atom. The molecule has 0 aliphatic heterocycles. The zero-order valence-corrected chi connectivity index (χ0v) is 16.4. The number of hydrogen-bond donors (Lipinski definition) is 2. The summed E-state index contributed by atoms with van der Waals surface area (Å²) in [4.78, 5) is 24.8. The van der Waals surface area contributed by atoms with Crippen molar-refractivity contribution in [1.29, 1.82) is 0 Å². The van der Waals surface area contributed by atoms with Gasteiger partial charge in [0, 0.05) is 31.0 Å². The number of benzene rings is 2. The standard InChI is InChI=1S/C22H23FN4O2/c1-15-9-10-17(21(28)24-11-5-6-16-13-25-27(2)14-16)12-20(15)26-22(29)18-7-3-4-8-19(18)23/h3-4,7-10,12-14H,5-6,11H2,1-2H3,(H,24,28)(H,26,29). The van der Waals surface area contributed by atoms with Crippen LogP contribution in [-0.4, -0.2) is 28.1 Å². The van der Waals surface area contributed by atoms with Gasteiger partial charge in [-0.15, -0.1) is 0 Å². The summed E-state index contributed by atoms with van der Waals surface area (Å²) >= 11 is 0. The molecule has 0 aliphatic carbocycles. The number of anilines is 1. The summed E-state index contributed by atoms with van der Waals surface area (Å²) < 4.78 is 15.6. The van der Waals surface area contributed by atoms with Crippen LogP contribution in [-0.2, 0) is 13.5 Å². The third-order valence-electron chi connectivity index (χ3n) is 4.55. The van der Waals surface area contributed by atoms with Crippen molar-refractivity contribution >= 4 is 17.5 Å². The van der Waals surface area contributed by atoms with Crippen molar-refractivity contribution in [2.24, 2.45) is 7.05 Å². The molecule has 150 valence electrons. The first-order valence-corrected chi connectivity index (χ1v) is 9.36. The van der Waals surface area contributed by atoms with Gasteiger partial charge >= 0.3 is 0 Å². The Morgan fingerprint density at radius 1 is 1.14 bits per heavy atom. The first-order chi connectivity index (χ1) is 13.9. The van der Waals surface area contributed by atoms with E-state index < -0.39 is 11.7 Å². The van der Waals surface area contributed by atoms with E-state index in [0.717, 1.165) is 24.0 Å². The molecule has 0 aliphatic rings. The number of aromatic nitrogens is 2. The van der Waals surface area contributed by atoms with Crippen LogP contribution >= 0.6 is 0 Å². The quantitative estimate of drug-likeness (QED) is 0.603. The fourth-order valence-electron chi connectivity index (χ4n) is 2.93. The number of carbonyl (C=O) groups is 2. The fourth-order valence-corrected chi connectivity index (χ4v) is 2.93. The molecule has 0 fully saturated rings. The van der Waals surface area contributed by atoms with Gasteiger partial charge < -0.3 is 10.6 Å². The van der Waals surface area contributed by atoms with E-state index in [4.69, 9.17) is 0 Å². The number of carbonyl (C=O) groups excluding carboxylic acids is 2. The van der Waals surface area contributed by atoms with Gasteiger partial charge in [0.25, 0.3) is 11.8 Å². The summed E-state index contributed by atoms with van der Waals surface area (Å²) in [7, 11) is 1.87. The van der Waals surface area contributed by atoms with E-state index in [9.17, 15) is 14.0 Å². The highest BCUT2D eigenvalue weighted by Crippen LogP contribution is 2.19. The summed E-state index contributed by atoms with van der Waals surface area (Å²) in [5.74, 6) is -1.37. The van der Waals surface area contributed by atoms with Crippen LogP contribution in [0.3, 0.4) is 0 Å². The molecule has 2 N–H and O–H groups in total. The molecule has 1 heterocycles. The van der Waals surface area contributed by atoms with Gasteiger partial charge in [0.1, 0.15) is 5.82 Å².